The molecule has 4 heteroatoms. The van der Waals surface area contributed by atoms with Crippen molar-refractivity contribution in [3.05, 3.63) is 0 Å². The highest BCUT2D eigenvalue weighted by molar-refractivity contribution is 4.77. The van der Waals surface area contributed by atoms with Gasteiger partial charge in [-0.1, -0.05) is 13.8 Å². The van der Waals surface area contributed by atoms with Gasteiger partial charge in [0.2, 0.25) is 0 Å². The van der Waals surface area contributed by atoms with Crippen molar-refractivity contribution in [3.63, 3.8) is 0 Å². The van der Waals surface area contributed by atoms with E-state index in [-0.39, 0.29) is 25.7 Å². The summed E-state index contributed by atoms with van der Waals surface area (Å²) in [5.41, 5.74) is -0.547. The fourth-order valence-corrected chi connectivity index (χ4v) is 0.786. The van der Waals surface area contributed by atoms with Gasteiger partial charge in [0, 0.05) is 25.2 Å². The maximum Gasteiger partial charge on any atom is 0.0510 e. The number of hydrogen-bond donors (Lipinski definition) is 3. The average Bonchev–Trinajstić information content (AvgIpc) is 2.28. The first-order valence-corrected chi connectivity index (χ1v) is 5.42. The zero-order valence-corrected chi connectivity index (χ0v) is 10.4. The highest BCUT2D eigenvalue weighted by atomic mass is 16.5. The third-order valence-electron chi connectivity index (χ3n) is 2.59. The Morgan fingerprint density at radius 1 is 1.07 bits per heavy atom. The second kappa shape index (κ2) is 10.4. The molecule has 1 atom stereocenters. The highest BCUT2D eigenvalue weighted by Crippen LogP contribution is 2.24. The maximum absolute atomic E-state index is 8.82. The first-order valence-electron chi connectivity index (χ1n) is 5.42. The summed E-state index contributed by atoms with van der Waals surface area (Å²) < 4.78 is 4.83. The molecule has 0 aromatic rings. The van der Waals surface area contributed by atoms with Gasteiger partial charge in [0.25, 0.3) is 0 Å². The molecule has 0 aliphatic carbocycles. The minimum atomic E-state index is -0.547. The molecule has 0 rings (SSSR count). The van der Waals surface area contributed by atoms with E-state index in [2.05, 4.69) is 0 Å². The van der Waals surface area contributed by atoms with E-state index in [1.807, 2.05) is 13.8 Å². The van der Waals surface area contributed by atoms with Gasteiger partial charge in [-0.2, -0.15) is 0 Å². The van der Waals surface area contributed by atoms with Crippen molar-refractivity contribution in [1.29, 1.82) is 0 Å². The molecule has 3 N–H and O–H groups in total. The second-order valence-electron chi connectivity index (χ2n) is 3.84. The van der Waals surface area contributed by atoms with Crippen molar-refractivity contribution in [3.8, 4) is 0 Å². The van der Waals surface area contributed by atoms with Crippen LogP contribution in [0.2, 0.25) is 0 Å². The molecule has 0 saturated heterocycles. The zero-order chi connectivity index (χ0) is 12.3. The quantitative estimate of drug-likeness (QED) is 0.617. The maximum atomic E-state index is 8.82. The Balaban J connectivity index is 0. The monoisotopic (exact) mass is 222 g/mol. The molecular weight excluding hydrogens is 196 g/mol. The Morgan fingerprint density at radius 2 is 1.47 bits per heavy atom. The Kier molecular flexibility index (Phi) is 11.9. The van der Waals surface area contributed by atoms with Gasteiger partial charge in [0.15, 0.2) is 0 Å². The fourth-order valence-electron chi connectivity index (χ4n) is 0.786. The van der Waals surface area contributed by atoms with Crippen LogP contribution >= 0.6 is 0 Å². The Labute approximate surface area is 92.9 Å². The minimum Gasteiger partial charge on any atom is -0.396 e. The molecule has 94 valence electrons. The minimum absolute atomic E-state index is 0.00236. The summed E-state index contributed by atoms with van der Waals surface area (Å²) in [5, 5.41) is 26.3. The van der Waals surface area contributed by atoms with Crippen LogP contribution in [-0.2, 0) is 4.74 Å². The van der Waals surface area contributed by atoms with Crippen LogP contribution < -0.4 is 0 Å². The summed E-state index contributed by atoms with van der Waals surface area (Å²) in [6.45, 7) is 9.02. The van der Waals surface area contributed by atoms with E-state index in [4.69, 9.17) is 20.1 Å². The van der Waals surface area contributed by atoms with Crippen molar-refractivity contribution in [2.45, 2.75) is 27.7 Å². The smallest absolute Gasteiger partial charge is 0.0510 e. The molecule has 0 bridgehead atoms. The predicted molar refractivity (Wildman–Crippen MR) is 60.7 cm³/mol. The van der Waals surface area contributed by atoms with E-state index in [1.165, 1.54) is 0 Å². The van der Waals surface area contributed by atoms with E-state index in [9.17, 15) is 0 Å². The van der Waals surface area contributed by atoms with Gasteiger partial charge >= 0.3 is 0 Å². The molecule has 0 amide bonds. The van der Waals surface area contributed by atoms with Crippen LogP contribution in [0.5, 0.6) is 0 Å². The molecule has 1 unspecified atom stereocenters. The molecule has 0 aliphatic heterocycles. The van der Waals surface area contributed by atoms with Crippen LogP contribution in [0, 0.1) is 11.3 Å². The lowest BCUT2D eigenvalue weighted by Crippen LogP contribution is -2.35. The molecule has 0 heterocycles. The Hall–Kier alpha value is -0.160. The Morgan fingerprint density at radius 3 is 1.53 bits per heavy atom. The van der Waals surface area contributed by atoms with Crippen LogP contribution in [0.1, 0.15) is 27.7 Å². The Bertz CT molecular complexity index is 122. The third kappa shape index (κ3) is 7.73. The van der Waals surface area contributed by atoms with E-state index in [0.29, 0.717) is 0 Å². The van der Waals surface area contributed by atoms with Crippen LogP contribution in [0.4, 0.5) is 0 Å². The van der Waals surface area contributed by atoms with Gasteiger partial charge in [-0.15, -0.1) is 0 Å². The summed E-state index contributed by atoms with van der Waals surface area (Å²) in [5.74, 6) is -0.0671. The highest BCUT2D eigenvalue weighted by Gasteiger charge is 2.28. The number of rotatable bonds is 6. The van der Waals surface area contributed by atoms with Gasteiger partial charge in [0.05, 0.1) is 13.2 Å². The summed E-state index contributed by atoms with van der Waals surface area (Å²) in [6, 6.07) is 0. The van der Waals surface area contributed by atoms with Crippen molar-refractivity contribution in [2.75, 3.05) is 33.0 Å². The first-order chi connectivity index (χ1) is 7.02. The van der Waals surface area contributed by atoms with E-state index >= 15 is 0 Å². The fraction of sp³-hybridized carbons (Fsp3) is 1.00. The van der Waals surface area contributed by atoms with E-state index in [1.54, 1.807) is 13.8 Å². The van der Waals surface area contributed by atoms with Gasteiger partial charge in [-0.3, -0.25) is 0 Å². The van der Waals surface area contributed by atoms with E-state index in [0.717, 1.165) is 13.2 Å². The lowest BCUT2D eigenvalue weighted by atomic mass is 9.80. The van der Waals surface area contributed by atoms with Gasteiger partial charge in [-0.25, -0.2) is 0 Å². The van der Waals surface area contributed by atoms with Crippen molar-refractivity contribution < 1.29 is 20.1 Å². The third-order valence-corrected chi connectivity index (χ3v) is 2.59. The molecule has 0 aromatic carbocycles. The largest absolute Gasteiger partial charge is 0.396 e. The number of aliphatic hydroxyl groups excluding tert-OH is 3. The van der Waals surface area contributed by atoms with Crippen LogP contribution in [-0.4, -0.2) is 48.4 Å². The van der Waals surface area contributed by atoms with Crippen molar-refractivity contribution in [2.24, 2.45) is 11.3 Å². The SMILES string of the molecule is CC(CO)C(C)(CO)CO.CCOCC. The van der Waals surface area contributed by atoms with Crippen LogP contribution in [0.3, 0.4) is 0 Å². The lowest BCUT2D eigenvalue weighted by Gasteiger charge is -2.30. The number of hydrogen-bond acceptors (Lipinski definition) is 4. The normalized spacial score (nSPS) is 13.0. The molecule has 0 fully saturated rings. The summed E-state index contributed by atoms with van der Waals surface area (Å²) in [7, 11) is 0. The number of aliphatic hydroxyl groups is 3. The molecule has 0 spiro atoms. The zero-order valence-electron chi connectivity index (χ0n) is 10.4. The summed E-state index contributed by atoms with van der Waals surface area (Å²) in [4.78, 5) is 0. The molecule has 0 radical (unpaired) electrons. The topological polar surface area (TPSA) is 69.9 Å². The lowest BCUT2D eigenvalue weighted by molar-refractivity contribution is 0.00353. The molecule has 15 heavy (non-hydrogen) atoms. The van der Waals surface area contributed by atoms with Crippen molar-refractivity contribution in [1.82, 2.24) is 0 Å². The molecule has 0 aliphatic rings. The predicted octanol–water partition coefficient (Wildman–Crippen LogP) is 0.648. The molecule has 0 aromatic heterocycles. The first kappa shape index (κ1) is 17.2. The average molecular weight is 222 g/mol. The van der Waals surface area contributed by atoms with Crippen LogP contribution in [0.15, 0.2) is 0 Å². The molecule has 0 saturated carbocycles. The van der Waals surface area contributed by atoms with Gasteiger partial charge in [0.1, 0.15) is 0 Å². The second-order valence-corrected chi connectivity index (χ2v) is 3.84. The molecule has 4 nitrogen and oxygen atoms in total. The summed E-state index contributed by atoms with van der Waals surface area (Å²) in [6.07, 6.45) is 0. The van der Waals surface area contributed by atoms with Gasteiger partial charge in [-0.05, 0) is 19.8 Å². The number of ether oxygens (including phenoxy) is 1. The summed E-state index contributed by atoms with van der Waals surface area (Å²) >= 11 is 0. The standard InChI is InChI=1S/C7H16O3.C4H10O/c1-6(3-8)7(2,4-9)5-10;1-3-5-4-2/h6,8-10H,3-5H2,1-2H3;3-4H2,1-2H3. The van der Waals surface area contributed by atoms with Crippen molar-refractivity contribution >= 4 is 0 Å². The molecular formula is C11H26O4. The van der Waals surface area contributed by atoms with Gasteiger partial charge < -0.3 is 20.1 Å². The van der Waals surface area contributed by atoms with E-state index < -0.39 is 5.41 Å². The van der Waals surface area contributed by atoms with Crippen LogP contribution in [0.25, 0.3) is 0 Å².